The van der Waals surface area contributed by atoms with Crippen LogP contribution in [0.25, 0.3) is 0 Å². The molecule has 0 fully saturated rings. The minimum Gasteiger partial charge on any atom is -0.508 e. The normalized spacial score (nSPS) is 14.3. The van der Waals surface area contributed by atoms with Gasteiger partial charge in [-0.15, -0.1) is 0 Å². The minimum atomic E-state index is -1.50. The molecule has 1 aromatic rings. The van der Waals surface area contributed by atoms with Gasteiger partial charge in [0.1, 0.15) is 23.9 Å². The van der Waals surface area contributed by atoms with E-state index in [1.165, 1.54) is 31.2 Å². The van der Waals surface area contributed by atoms with Crippen molar-refractivity contribution in [3.8, 4) is 5.75 Å². The second kappa shape index (κ2) is 13.0. The number of carbonyl (C=O) groups excluding carboxylic acids is 3. The maximum absolute atomic E-state index is 12.4. The predicted molar refractivity (Wildman–Crippen MR) is 113 cm³/mol. The van der Waals surface area contributed by atoms with Crippen molar-refractivity contribution in [2.24, 2.45) is 5.73 Å². The first-order chi connectivity index (χ1) is 15.4. The minimum absolute atomic E-state index is 0.0122. The van der Waals surface area contributed by atoms with Gasteiger partial charge in [-0.3, -0.25) is 19.2 Å². The highest BCUT2D eigenvalue weighted by atomic mass is 16.4. The first-order valence-electron chi connectivity index (χ1n) is 9.94. The zero-order valence-corrected chi connectivity index (χ0v) is 17.9. The molecule has 0 saturated carbocycles. The van der Waals surface area contributed by atoms with E-state index >= 15 is 0 Å². The Kier molecular flexibility index (Phi) is 10.7. The van der Waals surface area contributed by atoms with Gasteiger partial charge in [0.25, 0.3) is 0 Å². The fraction of sp³-hybridized carbons (Fsp3) is 0.450. The second-order valence-corrected chi connectivity index (χ2v) is 7.28. The summed E-state index contributed by atoms with van der Waals surface area (Å²) >= 11 is 0. The van der Waals surface area contributed by atoms with E-state index in [-0.39, 0.29) is 25.0 Å². The smallest absolute Gasteiger partial charge is 0.326 e. The summed E-state index contributed by atoms with van der Waals surface area (Å²) < 4.78 is 0. The number of aliphatic carboxylic acids is 2. The summed E-state index contributed by atoms with van der Waals surface area (Å²) in [5.74, 6) is -5.09. The fourth-order valence-electron chi connectivity index (χ4n) is 2.63. The van der Waals surface area contributed by atoms with Gasteiger partial charge in [0.15, 0.2) is 0 Å². The van der Waals surface area contributed by atoms with Gasteiger partial charge in [-0.05, 0) is 31.0 Å². The number of carboxylic acid groups (broad SMARTS) is 2. The van der Waals surface area contributed by atoms with Crippen molar-refractivity contribution in [1.29, 1.82) is 0 Å². The Morgan fingerprint density at radius 1 is 0.909 bits per heavy atom. The lowest BCUT2D eigenvalue weighted by Crippen LogP contribution is -2.57. The molecule has 1 aromatic carbocycles. The van der Waals surface area contributed by atoms with Gasteiger partial charge in [0.05, 0.1) is 12.6 Å². The quantitative estimate of drug-likeness (QED) is 0.154. The number of aliphatic hydroxyl groups excluding tert-OH is 1. The molecule has 0 aromatic heterocycles. The van der Waals surface area contributed by atoms with Crippen LogP contribution in [0.5, 0.6) is 5.75 Å². The lowest BCUT2D eigenvalue weighted by molar-refractivity contribution is -0.142. The number of nitrogens with two attached hydrogens (primary N) is 1. The molecule has 4 unspecified atom stereocenters. The number of nitrogens with one attached hydrogen (secondary N) is 3. The lowest BCUT2D eigenvalue weighted by atomic mass is 10.1. The van der Waals surface area contributed by atoms with E-state index < -0.39 is 60.4 Å². The molecule has 13 heteroatoms. The Hall–Kier alpha value is -3.71. The molecule has 13 nitrogen and oxygen atoms in total. The first kappa shape index (κ1) is 27.3. The summed E-state index contributed by atoms with van der Waals surface area (Å²) in [7, 11) is 0. The summed E-state index contributed by atoms with van der Waals surface area (Å²) in [5, 5.41) is 43.5. The highest BCUT2D eigenvalue weighted by Gasteiger charge is 2.28. The number of aromatic hydroxyl groups is 1. The van der Waals surface area contributed by atoms with Crippen LogP contribution in [0.1, 0.15) is 25.3 Å². The Morgan fingerprint density at radius 2 is 1.48 bits per heavy atom. The molecule has 1 rings (SSSR count). The molecule has 0 radical (unpaired) electrons. The zero-order valence-electron chi connectivity index (χ0n) is 17.9. The van der Waals surface area contributed by atoms with E-state index in [1.54, 1.807) is 0 Å². The van der Waals surface area contributed by atoms with E-state index in [0.717, 1.165) is 0 Å². The number of phenolic OH excluding ortho intramolecular Hbond substituents is 1. The lowest BCUT2D eigenvalue weighted by Gasteiger charge is -2.22. The van der Waals surface area contributed by atoms with E-state index in [1.807, 2.05) is 0 Å². The number of phenols is 1. The maximum atomic E-state index is 12.4. The van der Waals surface area contributed by atoms with Crippen LogP contribution in [0.2, 0.25) is 0 Å². The van der Waals surface area contributed by atoms with E-state index in [4.69, 9.17) is 10.8 Å². The van der Waals surface area contributed by atoms with Gasteiger partial charge in [0, 0.05) is 12.8 Å². The topological polar surface area (TPSA) is 228 Å². The Labute approximate surface area is 189 Å². The SMILES string of the molecule is CC(NC(=O)C(N)CCC(=O)O)C(=O)NC(CO)C(=O)NC(Cc1ccc(O)cc1)C(=O)O. The molecule has 0 aliphatic rings. The van der Waals surface area contributed by atoms with Crippen LogP contribution in [0.3, 0.4) is 0 Å². The number of carboxylic acids is 2. The average molecular weight is 468 g/mol. The van der Waals surface area contributed by atoms with Gasteiger partial charge in [0.2, 0.25) is 17.7 Å². The molecule has 3 amide bonds. The Balaban J connectivity index is 2.68. The average Bonchev–Trinajstić information content (AvgIpc) is 2.75. The molecular weight excluding hydrogens is 440 g/mol. The van der Waals surface area contributed by atoms with Crippen molar-refractivity contribution >= 4 is 29.7 Å². The Morgan fingerprint density at radius 3 is 2.00 bits per heavy atom. The molecule has 0 heterocycles. The van der Waals surface area contributed by atoms with E-state index in [0.29, 0.717) is 5.56 Å². The maximum Gasteiger partial charge on any atom is 0.326 e. The van der Waals surface area contributed by atoms with Crippen molar-refractivity contribution in [3.63, 3.8) is 0 Å². The molecule has 0 aliphatic heterocycles. The van der Waals surface area contributed by atoms with Crippen molar-refractivity contribution < 1.29 is 44.4 Å². The molecule has 0 spiro atoms. The van der Waals surface area contributed by atoms with Crippen molar-refractivity contribution in [1.82, 2.24) is 16.0 Å². The van der Waals surface area contributed by atoms with Gasteiger partial charge in [-0.1, -0.05) is 12.1 Å². The second-order valence-electron chi connectivity index (χ2n) is 7.28. The number of hydrogen-bond acceptors (Lipinski definition) is 8. The summed E-state index contributed by atoms with van der Waals surface area (Å²) in [6.07, 6.45) is -0.597. The van der Waals surface area contributed by atoms with E-state index in [9.17, 15) is 39.3 Å². The van der Waals surface area contributed by atoms with Crippen LogP contribution in [0, 0.1) is 0 Å². The molecule has 0 aliphatic carbocycles. The number of aliphatic hydroxyl groups is 1. The fourth-order valence-corrected chi connectivity index (χ4v) is 2.63. The number of rotatable bonds is 13. The highest BCUT2D eigenvalue weighted by Crippen LogP contribution is 2.11. The predicted octanol–water partition coefficient (Wildman–Crippen LogP) is -2.32. The number of carbonyl (C=O) groups is 5. The van der Waals surface area contributed by atoms with Crippen molar-refractivity contribution in [2.45, 2.75) is 50.4 Å². The van der Waals surface area contributed by atoms with Gasteiger partial charge >= 0.3 is 11.9 Å². The number of amides is 3. The molecule has 0 bridgehead atoms. The van der Waals surface area contributed by atoms with Crippen LogP contribution in [0.4, 0.5) is 0 Å². The molecule has 0 saturated heterocycles. The zero-order chi connectivity index (χ0) is 25.1. The summed E-state index contributed by atoms with van der Waals surface area (Å²) in [5.41, 5.74) is 6.08. The monoisotopic (exact) mass is 468 g/mol. The first-order valence-corrected chi connectivity index (χ1v) is 9.94. The molecular formula is C20H28N4O9. The van der Waals surface area contributed by atoms with Gasteiger partial charge in [-0.2, -0.15) is 0 Å². The van der Waals surface area contributed by atoms with E-state index in [2.05, 4.69) is 16.0 Å². The van der Waals surface area contributed by atoms with Crippen LogP contribution in [-0.2, 0) is 30.4 Å². The third-order valence-corrected chi connectivity index (χ3v) is 4.56. The van der Waals surface area contributed by atoms with Crippen LogP contribution in [0.15, 0.2) is 24.3 Å². The largest absolute Gasteiger partial charge is 0.508 e. The third-order valence-electron chi connectivity index (χ3n) is 4.56. The number of hydrogen-bond donors (Lipinski definition) is 8. The molecule has 9 N–H and O–H groups in total. The van der Waals surface area contributed by atoms with Crippen LogP contribution >= 0.6 is 0 Å². The summed E-state index contributed by atoms with van der Waals surface area (Å²) in [4.78, 5) is 58.7. The highest BCUT2D eigenvalue weighted by molar-refractivity contribution is 5.94. The van der Waals surface area contributed by atoms with Crippen LogP contribution in [-0.4, -0.2) is 80.9 Å². The van der Waals surface area contributed by atoms with Crippen molar-refractivity contribution in [3.05, 3.63) is 29.8 Å². The standard InChI is InChI=1S/C20H28N4O9/c1-10(22-18(30)13(21)6-7-16(27)28)17(29)24-15(9-25)19(31)23-14(20(32)33)8-11-2-4-12(26)5-3-11/h2-5,10,13-15,25-26H,6-9,21H2,1H3,(H,22,30)(H,23,31)(H,24,29)(H,27,28)(H,32,33). The Bertz CT molecular complexity index is 860. The molecule has 4 atom stereocenters. The van der Waals surface area contributed by atoms with Gasteiger partial charge in [-0.25, -0.2) is 4.79 Å². The third kappa shape index (κ3) is 9.53. The van der Waals surface area contributed by atoms with Gasteiger partial charge < -0.3 is 42.1 Å². The molecule has 33 heavy (non-hydrogen) atoms. The summed E-state index contributed by atoms with van der Waals surface area (Å²) in [6, 6.07) is 0.456. The van der Waals surface area contributed by atoms with Crippen molar-refractivity contribution in [2.75, 3.05) is 6.61 Å². The molecule has 182 valence electrons. The number of benzene rings is 1. The summed E-state index contributed by atoms with van der Waals surface area (Å²) in [6.45, 7) is 0.441. The van der Waals surface area contributed by atoms with Crippen LogP contribution < -0.4 is 21.7 Å².